The maximum Gasteiger partial charge on any atom is 0.254 e. The van der Waals surface area contributed by atoms with Gasteiger partial charge >= 0.3 is 0 Å². The highest BCUT2D eigenvalue weighted by Gasteiger charge is 2.35. The summed E-state index contributed by atoms with van der Waals surface area (Å²) in [6, 6.07) is 13.1. The SMILES string of the molecule is COc1ccc(OC)c(CCNC(=O)c2ccc(C(=O)N3CCC[C@@H]4CCCC[C@@H]43)cc2)c1. The number of hydrogen-bond acceptors (Lipinski definition) is 4. The second-order valence-corrected chi connectivity index (χ2v) is 9.01. The van der Waals surface area contributed by atoms with Crippen LogP contribution >= 0.6 is 0 Å². The summed E-state index contributed by atoms with van der Waals surface area (Å²) in [5.41, 5.74) is 2.19. The second-order valence-electron chi connectivity index (χ2n) is 9.01. The van der Waals surface area contributed by atoms with Crippen molar-refractivity contribution in [1.29, 1.82) is 0 Å². The second kappa shape index (κ2) is 10.7. The molecule has 6 nitrogen and oxygen atoms in total. The Balaban J connectivity index is 1.34. The fourth-order valence-electron chi connectivity index (χ4n) is 5.30. The summed E-state index contributed by atoms with van der Waals surface area (Å²) in [7, 11) is 3.26. The average Bonchev–Trinajstić information content (AvgIpc) is 2.87. The van der Waals surface area contributed by atoms with Crippen molar-refractivity contribution in [1.82, 2.24) is 10.2 Å². The molecule has 2 atom stereocenters. The van der Waals surface area contributed by atoms with Crippen molar-refractivity contribution < 1.29 is 19.1 Å². The van der Waals surface area contributed by atoms with Crippen LogP contribution in [-0.4, -0.2) is 50.1 Å². The first-order valence-corrected chi connectivity index (χ1v) is 12.0. The average molecular weight is 451 g/mol. The lowest BCUT2D eigenvalue weighted by atomic mass is 9.78. The third kappa shape index (κ3) is 5.32. The van der Waals surface area contributed by atoms with E-state index in [4.69, 9.17) is 9.47 Å². The van der Waals surface area contributed by atoms with Gasteiger partial charge < -0.3 is 19.7 Å². The van der Waals surface area contributed by atoms with Gasteiger partial charge in [0.25, 0.3) is 11.8 Å². The number of likely N-dealkylation sites (tertiary alicyclic amines) is 1. The largest absolute Gasteiger partial charge is 0.497 e. The predicted octanol–water partition coefficient (Wildman–Crippen LogP) is 4.47. The first-order chi connectivity index (χ1) is 16.1. The van der Waals surface area contributed by atoms with E-state index in [1.54, 1.807) is 38.5 Å². The highest BCUT2D eigenvalue weighted by molar-refractivity contribution is 5.98. The smallest absolute Gasteiger partial charge is 0.254 e. The molecule has 6 heteroatoms. The Labute approximate surface area is 196 Å². The van der Waals surface area contributed by atoms with Gasteiger partial charge in [-0.3, -0.25) is 9.59 Å². The van der Waals surface area contributed by atoms with Crippen molar-refractivity contribution >= 4 is 11.8 Å². The number of hydrogen-bond donors (Lipinski definition) is 1. The number of ether oxygens (including phenoxy) is 2. The van der Waals surface area contributed by atoms with Crippen LogP contribution in [0.3, 0.4) is 0 Å². The first-order valence-electron chi connectivity index (χ1n) is 12.0. The molecule has 1 N–H and O–H groups in total. The Hall–Kier alpha value is -3.02. The van der Waals surface area contributed by atoms with Crippen molar-refractivity contribution in [2.75, 3.05) is 27.3 Å². The molecule has 1 heterocycles. The van der Waals surface area contributed by atoms with Gasteiger partial charge in [0.05, 0.1) is 14.2 Å². The molecule has 0 bridgehead atoms. The molecule has 1 saturated heterocycles. The number of carbonyl (C=O) groups excluding carboxylic acids is 2. The lowest BCUT2D eigenvalue weighted by Crippen LogP contribution is -2.49. The third-order valence-electron chi connectivity index (χ3n) is 7.07. The summed E-state index contributed by atoms with van der Waals surface area (Å²) in [6.45, 7) is 1.32. The van der Waals surface area contributed by atoms with Crippen LogP contribution in [0.1, 0.15) is 64.8 Å². The van der Waals surface area contributed by atoms with Gasteiger partial charge in [-0.1, -0.05) is 12.8 Å². The van der Waals surface area contributed by atoms with Gasteiger partial charge in [-0.2, -0.15) is 0 Å². The summed E-state index contributed by atoms with van der Waals surface area (Å²) in [5, 5.41) is 2.95. The summed E-state index contributed by atoms with van der Waals surface area (Å²) >= 11 is 0. The number of methoxy groups -OCH3 is 2. The molecule has 2 amide bonds. The number of amides is 2. The summed E-state index contributed by atoms with van der Waals surface area (Å²) in [4.78, 5) is 27.9. The number of benzene rings is 2. The quantitative estimate of drug-likeness (QED) is 0.676. The number of nitrogens with zero attached hydrogens (tertiary/aromatic N) is 1. The van der Waals surface area contributed by atoms with Crippen LogP contribution < -0.4 is 14.8 Å². The Kier molecular flexibility index (Phi) is 7.53. The van der Waals surface area contributed by atoms with Crippen LogP contribution in [0.2, 0.25) is 0 Å². The van der Waals surface area contributed by atoms with E-state index in [0.717, 1.165) is 36.4 Å². The Morgan fingerprint density at radius 1 is 0.939 bits per heavy atom. The van der Waals surface area contributed by atoms with Crippen molar-refractivity contribution in [2.45, 2.75) is 51.0 Å². The van der Waals surface area contributed by atoms with Gasteiger partial charge in [0.15, 0.2) is 0 Å². The van der Waals surface area contributed by atoms with Gasteiger partial charge in [-0.15, -0.1) is 0 Å². The first kappa shape index (κ1) is 23.1. The highest BCUT2D eigenvalue weighted by Crippen LogP contribution is 2.36. The van der Waals surface area contributed by atoms with Crippen molar-refractivity contribution in [3.8, 4) is 11.5 Å². The predicted molar refractivity (Wildman–Crippen MR) is 128 cm³/mol. The van der Waals surface area contributed by atoms with E-state index in [1.807, 2.05) is 18.2 Å². The maximum absolute atomic E-state index is 13.2. The zero-order valence-corrected chi connectivity index (χ0v) is 19.6. The molecular weight excluding hydrogens is 416 g/mol. The molecule has 0 spiro atoms. The summed E-state index contributed by atoms with van der Waals surface area (Å²) in [5.74, 6) is 2.13. The van der Waals surface area contributed by atoms with Crippen LogP contribution in [0.4, 0.5) is 0 Å². The number of piperidine rings is 1. The highest BCUT2D eigenvalue weighted by atomic mass is 16.5. The van der Waals surface area contributed by atoms with E-state index < -0.39 is 0 Å². The van der Waals surface area contributed by atoms with Gasteiger partial charge in [-0.05, 0) is 86.1 Å². The zero-order valence-electron chi connectivity index (χ0n) is 19.6. The summed E-state index contributed by atoms with van der Waals surface area (Å²) in [6.07, 6.45) is 7.83. The molecule has 0 radical (unpaired) electrons. The number of rotatable bonds is 7. The molecule has 0 unspecified atom stereocenters. The van der Waals surface area contributed by atoms with Crippen molar-refractivity contribution in [2.24, 2.45) is 5.92 Å². The maximum atomic E-state index is 13.2. The Morgan fingerprint density at radius 2 is 1.67 bits per heavy atom. The topological polar surface area (TPSA) is 67.9 Å². The number of carbonyl (C=O) groups is 2. The monoisotopic (exact) mass is 450 g/mol. The molecule has 2 fully saturated rings. The van der Waals surface area contributed by atoms with Crippen LogP contribution in [0.25, 0.3) is 0 Å². The molecule has 2 aromatic carbocycles. The van der Waals surface area contributed by atoms with Gasteiger partial charge in [-0.25, -0.2) is 0 Å². The number of nitrogens with one attached hydrogen (secondary N) is 1. The molecule has 2 aromatic rings. The standard InChI is InChI=1S/C27H34N2O4/c1-32-23-13-14-25(33-2)22(18-23)15-16-28-26(30)20-9-11-21(12-10-20)27(31)29-17-5-7-19-6-3-4-8-24(19)29/h9-14,18-19,24H,3-8,15-17H2,1-2H3,(H,28,30)/t19-,24-/m0/s1. The molecule has 2 aliphatic rings. The molecule has 0 aromatic heterocycles. The molecule has 4 rings (SSSR count). The van der Waals surface area contributed by atoms with Crippen molar-refractivity contribution in [3.63, 3.8) is 0 Å². The normalized spacial score (nSPS) is 20.0. The minimum atomic E-state index is -0.152. The molecular formula is C27H34N2O4. The van der Waals surface area contributed by atoms with Gasteiger partial charge in [0, 0.05) is 30.3 Å². The third-order valence-corrected chi connectivity index (χ3v) is 7.07. The van der Waals surface area contributed by atoms with Crippen LogP contribution in [-0.2, 0) is 6.42 Å². The fraction of sp³-hybridized carbons (Fsp3) is 0.481. The van der Waals surface area contributed by atoms with Gasteiger partial charge in [0.1, 0.15) is 11.5 Å². The zero-order chi connectivity index (χ0) is 23.2. The lowest BCUT2D eigenvalue weighted by Gasteiger charge is -2.44. The van der Waals surface area contributed by atoms with E-state index >= 15 is 0 Å². The number of fused-ring (bicyclic) bond motifs is 1. The van der Waals surface area contributed by atoms with E-state index in [9.17, 15) is 9.59 Å². The van der Waals surface area contributed by atoms with E-state index in [-0.39, 0.29) is 11.8 Å². The molecule has 1 saturated carbocycles. The minimum absolute atomic E-state index is 0.101. The molecule has 176 valence electrons. The van der Waals surface area contributed by atoms with E-state index in [0.29, 0.717) is 36.1 Å². The Morgan fingerprint density at radius 3 is 2.42 bits per heavy atom. The molecule has 1 aliphatic carbocycles. The van der Waals surface area contributed by atoms with Crippen LogP contribution in [0.5, 0.6) is 11.5 Å². The fourth-order valence-corrected chi connectivity index (χ4v) is 5.30. The van der Waals surface area contributed by atoms with Crippen LogP contribution in [0.15, 0.2) is 42.5 Å². The molecule has 1 aliphatic heterocycles. The lowest BCUT2D eigenvalue weighted by molar-refractivity contribution is 0.0390. The van der Waals surface area contributed by atoms with Crippen molar-refractivity contribution in [3.05, 3.63) is 59.2 Å². The summed E-state index contributed by atoms with van der Waals surface area (Å²) < 4.78 is 10.7. The van der Waals surface area contributed by atoms with Crippen LogP contribution in [0, 0.1) is 5.92 Å². The van der Waals surface area contributed by atoms with E-state index in [1.165, 1.54) is 25.7 Å². The molecule has 33 heavy (non-hydrogen) atoms. The Bertz CT molecular complexity index is 971. The van der Waals surface area contributed by atoms with E-state index in [2.05, 4.69) is 10.2 Å². The minimum Gasteiger partial charge on any atom is -0.497 e. The van der Waals surface area contributed by atoms with Gasteiger partial charge in [0.2, 0.25) is 0 Å².